The zero-order chi connectivity index (χ0) is 15.7. The molecule has 0 saturated carbocycles. The molecule has 2 aromatic heterocycles. The summed E-state index contributed by atoms with van der Waals surface area (Å²) in [6, 6.07) is 11.9. The summed E-state index contributed by atoms with van der Waals surface area (Å²) in [6.45, 7) is 3.99. The van der Waals surface area contributed by atoms with Crippen LogP contribution < -0.4 is 5.56 Å². The van der Waals surface area contributed by atoms with Gasteiger partial charge in [-0.15, -0.1) is 11.3 Å². The molecule has 0 aliphatic heterocycles. The molecule has 2 heterocycles. The molecule has 0 atom stereocenters. The van der Waals surface area contributed by atoms with Crippen LogP contribution in [0.4, 0.5) is 0 Å². The maximum atomic E-state index is 12.9. The molecule has 5 heteroatoms. The number of hydrogen-bond acceptors (Lipinski definition) is 4. The minimum absolute atomic E-state index is 0.0358. The van der Waals surface area contributed by atoms with Gasteiger partial charge < -0.3 is 0 Å². The summed E-state index contributed by atoms with van der Waals surface area (Å²) in [5.41, 5.74) is 1.83. The molecule has 0 unspecified atom stereocenters. The van der Waals surface area contributed by atoms with E-state index in [2.05, 4.69) is 11.1 Å². The number of fused-ring (bicyclic) bond motifs is 1. The number of thiophene rings is 1. The Kier molecular flexibility index (Phi) is 3.78. The van der Waals surface area contributed by atoms with Crippen LogP contribution in [0, 0.1) is 18.3 Å². The first-order valence-electron chi connectivity index (χ1n) is 7.12. The van der Waals surface area contributed by atoms with E-state index in [0.717, 1.165) is 20.8 Å². The van der Waals surface area contributed by atoms with E-state index in [1.54, 1.807) is 0 Å². The second-order valence-electron chi connectivity index (χ2n) is 5.01. The maximum Gasteiger partial charge on any atom is 0.263 e. The third-order valence-electron chi connectivity index (χ3n) is 3.67. The van der Waals surface area contributed by atoms with Crippen molar-refractivity contribution in [1.29, 1.82) is 5.26 Å². The summed E-state index contributed by atoms with van der Waals surface area (Å²) < 4.78 is 1.49. The summed E-state index contributed by atoms with van der Waals surface area (Å²) in [5, 5.41) is 9.62. The molecule has 1 aromatic carbocycles. The molecule has 0 radical (unpaired) electrons. The van der Waals surface area contributed by atoms with Gasteiger partial charge in [0.25, 0.3) is 5.56 Å². The Hall–Kier alpha value is -2.45. The molecule has 0 aliphatic rings. The van der Waals surface area contributed by atoms with E-state index in [0.29, 0.717) is 17.6 Å². The highest BCUT2D eigenvalue weighted by Crippen LogP contribution is 2.35. The van der Waals surface area contributed by atoms with Crippen molar-refractivity contribution in [3.8, 4) is 17.2 Å². The lowest BCUT2D eigenvalue weighted by atomic mass is 10.0. The van der Waals surface area contributed by atoms with Crippen molar-refractivity contribution in [2.45, 2.75) is 26.8 Å². The van der Waals surface area contributed by atoms with Gasteiger partial charge in [0.05, 0.1) is 11.5 Å². The van der Waals surface area contributed by atoms with Crippen LogP contribution in [0.2, 0.25) is 0 Å². The summed E-state index contributed by atoms with van der Waals surface area (Å²) in [6.07, 6.45) is 0.629. The van der Waals surface area contributed by atoms with Gasteiger partial charge in [0.1, 0.15) is 17.2 Å². The smallest absolute Gasteiger partial charge is 0.263 e. The van der Waals surface area contributed by atoms with Crippen molar-refractivity contribution in [1.82, 2.24) is 9.55 Å². The van der Waals surface area contributed by atoms with Crippen molar-refractivity contribution in [2.75, 3.05) is 0 Å². The van der Waals surface area contributed by atoms with Crippen molar-refractivity contribution >= 4 is 21.6 Å². The van der Waals surface area contributed by atoms with Gasteiger partial charge in [-0.25, -0.2) is 4.98 Å². The van der Waals surface area contributed by atoms with Crippen LogP contribution in [0.15, 0.2) is 35.1 Å². The number of aryl methyl sites for hydroxylation is 2. The first kappa shape index (κ1) is 14.5. The minimum atomic E-state index is -0.119. The van der Waals surface area contributed by atoms with E-state index < -0.39 is 0 Å². The Balaban J connectivity index is 2.41. The monoisotopic (exact) mass is 309 g/mol. The minimum Gasteiger partial charge on any atom is -0.282 e. The molecule has 3 rings (SSSR count). The predicted octanol–water partition coefficient (Wildman–Crippen LogP) is 3.52. The highest BCUT2D eigenvalue weighted by molar-refractivity contribution is 7.19. The van der Waals surface area contributed by atoms with Crippen LogP contribution >= 0.6 is 11.3 Å². The molecule has 0 aliphatic carbocycles. The van der Waals surface area contributed by atoms with E-state index in [1.165, 1.54) is 15.9 Å². The van der Waals surface area contributed by atoms with Gasteiger partial charge in [0.2, 0.25) is 0 Å². The van der Waals surface area contributed by atoms with Crippen molar-refractivity contribution in [2.24, 2.45) is 0 Å². The van der Waals surface area contributed by atoms with Crippen molar-refractivity contribution in [3.05, 3.63) is 51.4 Å². The fourth-order valence-electron chi connectivity index (χ4n) is 2.69. The van der Waals surface area contributed by atoms with E-state index in [4.69, 9.17) is 5.26 Å². The molecule has 0 N–H and O–H groups in total. The van der Waals surface area contributed by atoms with Gasteiger partial charge >= 0.3 is 0 Å². The van der Waals surface area contributed by atoms with E-state index in [-0.39, 0.29) is 12.1 Å². The standard InChI is InChI=1S/C17H15N3OS/c1-3-13-19-16-15(17(21)20(13)10-9-18)14(11(2)22-16)12-7-5-4-6-8-12/h4-8H,3,10H2,1-2H3. The quantitative estimate of drug-likeness (QED) is 0.744. The fraction of sp³-hybridized carbons (Fsp3) is 0.235. The van der Waals surface area contributed by atoms with Gasteiger partial charge in [0.15, 0.2) is 0 Å². The first-order valence-corrected chi connectivity index (χ1v) is 7.94. The number of aromatic nitrogens is 2. The van der Waals surface area contributed by atoms with Crippen LogP contribution in [-0.2, 0) is 13.0 Å². The normalized spacial score (nSPS) is 10.8. The second-order valence-corrected chi connectivity index (χ2v) is 6.21. The molecule has 0 fully saturated rings. The van der Waals surface area contributed by atoms with E-state index in [1.807, 2.05) is 44.2 Å². The lowest BCUT2D eigenvalue weighted by Crippen LogP contribution is -2.24. The highest BCUT2D eigenvalue weighted by Gasteiger charge is 2.18. The fourth-order valence-corrected chi connectivity index (χ4v) is 3.75. The maximum absolute atomic E-state index is 12.9. The summed E-state index contributed by atoms with van der Waals surface area (Å²) in [5.74, 6) is 0.667. The number of nitrogens with zero attached hydrogens (tertiary/aromatic N) is 3. The molecule has 110 valence electrons. The second kappa shape index (κ2) is 5.74. The third-order valence-corrected chi connectivity index (χ3v) is 4.67. The summed E-state index contributed by atoms with van der Waals surface area (Å²) in [4.78, 5) is 19.3. The van der Waals surface area contributed by atoms with Crippen LogP contribution in [0.3, 0.4) is 0 Å². The molecular weight excluding hydrogens is 294 g/mol. The lowest BCUT2D eigenvalue weighted by Gasteiger charge is -2.08. The molecule has 3 aromatic rings. The van der Waals surface area contributed by atoms with Crippen LogP contribution in [0.1, 0.15) is 17.6 Å². The molecule has 22 heavy (non-hydrogen) atoms. The molecule has 0 spiro atoms. The average molecular weight is 309 g/mol. The Bertz CT molecular complexity index is 932. The average Bonchev–Trinajstić information content (AvgIpc) is 2.87. The Morgan fingerprint density at radius 3 is 2.68 bits per heavy atom. The Morgan fingerprint density at radius 2 is 2.05 bits per heavy atom. The molecular formula is C17H15N3OS. The summed E-state index contributed by atoms with van der Waals surface area (Å²) >= 11 is 1.54. The predicted molar refractivity (Wildman–Crippen MR) is 89.0 cm³/mol. The zero-order valence-electron chi connectivity index (χ0n) is 12.5. The molecule has 0 saturated heterocycles. The number of benzene rings is 1. The van der Waals surface area contributed by atoms with Crippen LogP contribution in [-0.4, -0.2) is 9.55 Å². The van der Waals surface area contributed by atoms with Crippen molar-refractivity contribution in [3.63, 3.8) is 0 Å². The van der Waals surface area contributed by atoms with E-state index >= 15 is 0 Å². The van der Waals surface area contributed by atoms with E-state index in [9.17, 15) is 4.79 Å². The van der Waals surface area contributed by atoms with Gasteiger partial charge in [-0.2, -0.15) is 5.26 Å². The first-order chi connectivity index (χ1) is 10.7. The number of hydrogen-bond donors (Lipinski definition) is 0. The van der Waals surface area contributed by atoms with Crippen LogP contribution in [0.25, 0.3) is 21.3 Å². The largest absolute Gasteiger partial charge is 0.282 e. The molecule has 0 bridgehead atoms. The SMILES string of the molecule is CCc1nc2sc(C)c(-c3ccccc3)c2c(=O)n1CC#N. The third kappa shape index (κ3) is 2.22. The molecule has 4 nitrogen and oxygen atoms in total. The topological polar surface area (TPSA) is 58.7 Å². The van der Waals surface area contributed by atoms with Crippen LogP contribution in [0.5, 0.6) is 0 Å². The number of nitriles is 1. The van der Waals surface area contributed by atoms with Gasteiger partial charge in [-0.1, -0.05) is 37.3 Å². The molecule has 0 amide bonds. The zero-order valence-corrected chi connectivity index (χ0v) is 13.3. The Labute approximate surface area is 132 Å². The number of rotatable bonds is 3. The van der Waals surface area contributed by atoms with Gasteiger partial charge in [0, 0.05) is 16.9 Å². The Morgan fingerprint density at radius 1 is 1.32 bits per heavy atom. The highest BCUT2D eigenvalue weighted by atomic mass is 32.1. The van der Waals surface area contributed by atoms with Gasteiger partial charge in [-0.3, -0.25) is 9.36 Å². The lowest BCUT2D eigenvalue weighted by molar-refractivity contribution is 0.707. The van der Waals surface area contributed by atoms with Crippen molar-refractivity contribution < 1.29 is 0 Å². The summed E-state index contributed by atoms with van der Waals surface area (Å²) in [7, 11) is 0. The van der Waals surface area contributed by atoms with Gasteiger partial charge in [-0.05, 0) is 12.5 Å².